The van der Waals surface area contributed by atoms with Gasteiger partial charge in [-0.3, -0.25) is 10.1 Å². The second-order valence-electron chi connectivity index (χ2n) is 4.08. The number of halogens is 3. The number of rotatable bonds is 5. The van der Waals surface area contributed by atoms with Gasteiger partial charge in [0.1, 0.15) is 17.8 Å². The van der Waals surface area contributed by atoms with Crippen molar-refractivity contribution in [3.8, 4) is 0 Å². The van der Waals surface area contributed by atoms with Gasteiger partial charge >= 0.3 is 5.69 Å². The van der Waals surface area contributed by atoms with E-state index in [1.54, 1.807) is 0 Å². The van der Waals surface area contributed by atoms with E-state index >= 15 is 0 Å². The minimum atomic E-state index is -0.680. The van der Waals surface area contributed by atoms with Crippen LogP contribution in [0.15, 0.2) is 24.4 Å². The SMILES string of the molecule is O=[N+]([O-])c1cnc(Cl)nc1NCCc1cc(F)cc(F)c1. The highest BCUT2D eigenvalue weighted by Crippen LogP contribution is 2.21. The molecule has 1 aromatic carbocycles. The molecule has 0 aliphatic rings. The Bertz CT molecular complexity index is 664. The van der Waals surface area contributed by atoms with Crippen LogP contribution < -0.4 is 5.32 Å². The molecule has 0 saturated heterocycles. The summed E-state index contributed by atoms with van der Waals surface area (Å²) in [6.07, 6.45) is 1.24. The lowest BCUT2D eigenvalue weighted by atomic mass is 10.1. The van der Waals surface area contributed by atoms with Gasteiger partial charge in [0.15, 0.2) is 0 Å². The molecule has 0 saturated carbocycles. The van der Waals surface area contributed by atoms with E-state index in [4.69, 9.17) is 11.6 Å². The molecule has 9 heteroatoms. The van der Waals surface area contributed by atoms with Gasteiger partial charge in [-0.05, 0) is 35.7 Å². The summed E-state index contributed by atoms with van der Waals surface area (Å²) in [6, 6.07) is 3.14. The van der Waals surface area contributed by atoms with Crippen molar-refractivity contribution in [1.82, 2.24) is 9.97 Å². The second-order valence-corrected chi connectivity index (χ2v) is 4.42. The Kier molecular flexibility index (Phi) is 4.59. The molecule has 21 heavy (non-hydrogen) atoms. The summed E-state index contributed by atoms with van der Waals surface area (Å²) in [4.78, 5) is 17.4. The first-order valence-electron chi connectivity index (χ1n) is 5.81. The molecule has 0 fully saturated rings. The molecule has 110 valence electrons. The zero-order chi connectivity index (χ0) is 15.4. The maximum atomic E-state index is 13.0. The Hall–Kier alpha value is -2.35. The Labute approximate surface area is 122 Å². The van der Waals surface area contributed by atoms with E-state index in [1.165, 1.54) is 12.1 Å². The van der Waals surface area contributed by atoms with Crippen molar-refractivity contribution in [3.63, 3.8) is 0 Å². The van der Waals surface area contributed by atoms with Crippen LogP contribution in [0, 0.1) is 21.7 Å². The number of aromatic nitrogens is 2. The second kappa shape index (κ2) is 6.40. The number of benzene rings is 1. The lowest BCUT2D eigenvalue weighted by molar-refractivity contribution is -0.384. The molecule has 0 unspecified atom stereocenters. The molecular formula is C12H9ClF2N4O2. The first-order valence-corrected chi connectivity index (χ1v) is 6.19. The van der Waals surface area contributed by atoms with Gasteiger partial charge in [0, 0.05) is 12.6 Å². The van der Waals surface area contributed by atoms with Crippen molar-refractivity contribution in [1.29, 1.82) is 0 Å². The van der Waals surface area contributed by atoms with Gasteiger partial charge < -0.3 is 5.32 Å². The third-order valence-electron chi connectivity index (χ3n) is 2.57. The van der Waals surface area contributed by atoms with Crippen molar-refractivity contribution >= 4 is 23.1 Å². The maximum absolute atomic E-state index is 13.0. The number of anilines is 1. The van der Waals surface area contributed by atoms with Crippen LogP contribution in [0.25, 0.3) is 0 Å². The molecule has 0 atom stereocenters. The van der Waals surface area contributed by atoms with Crippen molar-refractivity contribution in [3.05, 3.63) is 57.0 Å². The quantitative estimate of drug-likeness (QED) is 0.521. The Morgan fingerprint density at radius 3 is 2.57 bits per heavy atom. The summed E-state index contributed by atoms with van der Waals surface area (Å²) < 4.78 is 26.0. The average molecular weight is 315 g/mol. The molecule has 2 aromatic rings. The summed E-state index contributed by atoms with van der Waals surface area (Å²) in [5, 5.41) is 13.4. The minimum absolute atomic E-state index is 0.0446. The minimum Gasteiger partial charge on any atom is -0.364 e. The standard InChI is InChI=1S/C12H9ClF2N4O2/c13-12-17-6-10(19(20)21)11(18-12)16-2-1-7-3-8(14)5-9(15)4-7/h3-6H,1-2H2,(H,16,17,18). The number of nitrogens with zero attached hydrogens (tertiary/aromatic N) is 3. The summed E-state index contributed by atoms with van der Waals surface area (Å²) in [6.45, 7) is 0.192. The normalized spacial score (nSPS) is 10.4. The highest BCUT2D eigenvalue weighted by Gasteiger charge is 2.16. The summed E-state index contributed by atoms with van der Waals surface area (Å²) in [5.74, 6) is -1.40. The monoisotopic (exact) mass is 314 g/mol. The largest absolute Gasteiger partial charge is 0.364 e. The van der Waals surface area contributed by atoms with Crippen molar-refractivity contribution in [2.45, 2.75) is 6.42 Å². The van der Waals surface area contributed by atoms with E-state index in [0.29, 0.717) is 5.56 Å². The van der Waals surface area contributed by atoms with Gasteiger partial charge in [0.05, 0.1) is 4.92 Å². The predicted molar refractivity (Wildman–Crippen MR) is 72.2 cm³/mol. The van der Waals surface area contributed by atoms with Gasteiger partial charge in [0.25, 0.3) is 0 Å². The molecule has 1 N–H and O–H groups in total. The summed E-state index contributed by atoms with van der Waals surface area (Å²) >= 11 is 5.58. The number of hydrogen-bond donors (Lipinski definition) is 1. The fourth-order valence-electron chi connectivity index (χ4n) is 1.70. The third kappa shape index (κ3) is 4.06. The lowest BCUT2D eigenvalue weighted by Crippen LogP contribution is -2.09. The van der Waals surface area contributed by atoms with Gasteiger partial charge in [-0.2, -0.15) is 4.98 Å². The first kappa shape index (κ1) is 15.0. The molecule has 1 heterocycles. The molecular weight excluding hydrogens is 306 g/mol. The molecule has 6 nitrogen and oxygen atoms in total. The molecule has 2 rings (SSSR count). The van der Waals surface area contributed by atoms with Gasteiger partial charge in [0.2, 0.25) is 11.1 Å². The molecule has 0 aliphatic heterocycles. The van der Waals surface area contributed by atoms with Crippen LogP contribution in [0.1, 0.15) is 5.56 Å². The topological polar surface area (TPSA) is 81.0 Å². The highest BCUT2D eigenvalue weighted by molar-refractivity contribution is 6.28. The fraction of sp³-hybridized carbons (Fsp3) is 0.167. The van der Waals surface area contributed by atoms with Crippen LogP contribution in [0.5, 0.6) is 0 Å². The molecule has 0 radical (unpaired) electrons. The summed E-state index contributed by atoms with van der Waals surface area (Å²) in [7, 11) is 0. The zero-order valence-electron chi connectivity index (χ0n) is 10.5. The molecule has 1 aromatic heterocycles. The molecule has 0 aliphatic carbocycles. The Morgan fingerprint density at radius 1 is 1.29 bits per heavy atom. The van der Waals surface area contributed by atoms with Crippen molar-refractivity contribution in [2.75, 3.05) is 11.9 Å². The van der Waals surface area contributed by atoms with E-state index in [-0.39, 0.29) is 29.8 Å². The van der Waals surface area contributed by atoms with Crippen molar-refractivity contribution < 1.29 is 13.7 Å². The maximum Gasteiger partial charge on any atom is 0.329 e. The van der Waals surface area contributed by atoms with E-state index in [0.717, 1.165) is 12.3 Å². The van der Waals surface area contributed by atoms with E-state index in [2.05, 4.69) is 15.3 Å². The summed E-state index contributed by atoms with van der Waals surface area (Å²) in [5.41, 5.74) is 0.0904. The van der Waals surface area contributed by atoms with Crippen molar-refractivity contribution in [2.24, 2.45) is 0 Å². The highest BCUT2D eigenvalue weighted by atomic mass is 35.5. The molecule has 0 spiro atoms. The van der Waals surface area contributed by atoms with Gasteiger partial charge in [-0.15, -0.1) is 0 Å². The molecule has 0 bridgehead atoms. The van der Waals surface area contributed by atoms with E-state index < -0.39 is 16.6 Å². The number of hydrogen-bond acceptors (Lipinski definition) is 5. The van der Waals surface area contributed by atoms with E-state index in [9.17, 15) is 18.9 Å². The van der Waals surface area contributed by atoms with Crippen LogP contribution in [0.4, 0.5) is 20.3 Å². The molecule has 0 amide bonds. The predicted octanol–water partition coefficient (Wildman–Crippen LogP) is 2.97. The lowest BCUT2D eigenvalue weighted by Gasteiger charge is -2.06. The van der Waals surface area contributed by atoms with Crippen LogP contribution in [-0.4, -0.2) is 21.4 Å². The van der Waals surface area contributed by atoms with E-state index in [1.807, 2.05) is 0 Å². The fourth-order valence-corrected chi connectivity index (χ4v) is 1.83. The number of nitro groups is 1. The van der Waals surface area contributed by atoms with Crippen LogP contribution in [0.3, 0.4) is 0 Å². The third-order valence-corrected chi connectivity index (χ3v) is 2.75. The van der Waals surface area contributed by atoms with Crippen LogP contribution >= 0.6 is 11.6 Å². The Morgan fingerprint density at radius 2 is 1.95 bits per heavy atom. The Balaban J connectivity index is 2.06. The zero-order valence-corrected chi connectivity index (χ0v) is 11.3. The van der Waals surface area contributed by atoms with Crippen LogP contribution in [0.2, 0.25) is 5.28 Å². The first-order chi connectivity index (χ1) is 9.95. The van der Waals surface area contributed by atoms with Gasteiger partial charge in [-0.25, -0.2) is 13.8 Å². The van der Waals surface area contributed by atoms with Crippen LogP contribution in [-0.2, 0) is 6.42 Å². The number of nitrogens with one attached hydrogen (secondary N) is 1. The average Bonchev–Trinajstić information content (AvgIpc) is 2.37. The van der Waals surface area contributed by atoms with Gasteiger partial charge in [-0.1, -0.05) is 0 Å². The smallest absolute Gasteiger partial charge is 0.329 e.